The second kappa shape index (κ2) is 40.3. The normalized spacial score (nSPS) is 12.0. The SMILES string of the molecule is C#CCOCCNC(=O)CCC(CCC(=O)CCCOCCOCC#C)(CCC(=O)NCCOCCOCC#C)NC(=O)CCCC(=O)N[C@@H](C)C(=O)CCCOCCC(=O)Oc1ccc(C)cc1. The van der Waals surface area contributed by atoms with Crippen LogP contribution in [0.1, 0.15) is 102 Å². The molecule has 18 nitrogen and oxygen atoms in total. The Morgan fingerprint density at radius 1 is 0.536 bits per heavy atom. The fraction of sp³-hybridized carbons (Fsp3) is 0.627. The molecular formula is C51H74N4O14. The van der Waals surface area contributed by atoms with Crippen LogP contribution < -0.4 is 26.0 Å². The van der Waals surface area contributed by atoms with Gasteiger partial charge in [-0.2, -0.15) is 0 Å². The van der Waals surface area contributed by atoms with Gasteiger partial charge in [0.1, 0.15) is 31.4 Å². The number of ether oxygens (including phenoxy) is 7. The van der Waals surface area contributed by atoms with Crippen molar-refractivity contribution in [3.8, 4) is 42.8 Å². The van der Waals surface area contributed by atoms with E-state index in [0.717, 1.165) is 5.56 Å². The Morgan fingerprint density at radius 3 is 1.62 bits per heavy atom. The number of benzene rings is 1. The molecule has 0 fully saturated rings. The average Bonchev–Trinajstić information content (AvgIpc) is 3.32. The summed E-state index contributed by atoms with van der Waals surface area (Å²) in [6.45, 7) is 6.74. The molecule has 0 saturated heterocycles. The molecule has 0 radical (unpaired) electrons. The van der Waals surface area contributed by atoms with E-state index in [4.69, 9.17) is 52.4 Å². The van der Waals surface area contributed by atoms with Crippen LogP contribution in [0.5, 0.6) is 5.75 Å². The standard InChI is InChI=1S/C51H74N4O14/c1-6-29-63-35-27-52-46(58)21-25-51(24-20-43(56)12-10-32-67-39-37-64-30-7-2,26-22-47(59)53-28-36-68-40-38-65-31-8-3)55-49(61)15-9-14-48(60)54-42(5)45(57)13-11-33-66-34-23-50(62)69-44-18-16-41(4)17-19-44/h1-3,16-19,42H,9-15,20-40H2,4-5H3,(H,52,58)(H,53,59)(H,54,60)(H,55,61)/t42-,51?/m0/s1. The first-order valence-electron chi connectivity index (χ1n) is 23.6. The quantitative estimate of drug-likeness (QED) is 0.0319. The van der Waals surface area contributed by atoms with Crippen molar-refractivity contribution in [2.45, 2.75) is 115 Å². The van der Waals surface area contributed by atoms with Crippen molar-refractivity contribution in [2.75, 3.05) is 92.4 Å². The van der Waals surface area contributed by atoms with Crippen LogP contribution in [0.3, 0.4) is 0 Å². The maximum Gasteiger partial charge on any atom is 0.313 e. The highest BCUT2D eigenvalue weighted by Crippen LogP contribution is 2.27. The van der Waals surface area contributed by atoms with Crippen LogP contribution in [0.15, 0.2) is 24.3 Å². The van der Waals surface area contributed by atoms with E-state index in [2.05, 4.69) is 39.0 Å². The molecule has 0 spiro atoms. The molecular weight excluding hydrogens is 893 g/mol. The number of amides is 4. The Balaban J connectivity index is 2.84. The van der Waals surface area contributed by atoms with E-state index in [0.29, 0.717) is 51.6 Å². The number of terminal acetylenes is 3. The number of rotatable bonds is 43. The topological polar surface area (TPSA) is 232 Å². The van der Waals surface area contributed by atoms with Crippen LogP contribution in [-0.4, -0.2) is 145 Å². The van der Waals surface area contributed by atoms with Gasteiger partial charge in [0, 0.05) is 76.8 Å². The van der Waals surface area contributed by atoms with Crippen LogP contribution in [0.4, 0.5) is 0 Å². The van der Waals surface area contributed by atoms with Crippen LogP contribution in [-0.2, 0) is 62.0 Å². The van der Waals surface area contributed by atoms with Gasteiger partial charge in [0.05, 0.1) is 58.7 Å². The first kappa shape index (κ1) is 61.4. The molecule has 0 aliphatic heterocycles. The van der Waals surface area contributed by atoms with Crippen molar-refractivity contribution >= 4 is 41.2 Å². The van der Waals surface area contributed by atoms with Gasteiger partial charge < -0.3 is 54.4 Å². The molecule has 0 aliphatic carbocycles. The molecule has 0 aliphatic rings. The first-order chi connectivity index (χ1) is 33.3. The second-order valence-electron chi connectivity index (χ2n) is 16.0. The third-order valence-corrected chi connectivity index (χ3v) is 10.2. The molecule has 0 heterocycles. The van der Waals surface area contributed by atoms with Gasteiger partial charge in [-0.05, 0) is 64.5 Å². The molecule has 1 aromatic rings. The summed E-state index contributed by atoms with van der Waals surface area (Å²) < 4.78 is 37.4. The molecule has 1 rings (SSSR count). The van der Waals surface area contributed by atoms with Gasteiger partial charge in [-0.3, -0.25) is 33.6 Å². The Hall–Kier alpha value is -5.65. The number of hydrogen-bond donors (Lipinski definition) is 4. The molecule has 0 bridgehead atoms. The lowest BCUT2D eigenvalue weighted by Gasteiger charge is -2.35. The minimum Gasteiger partial charge on any atom is -0.426 e. The van der Waals surface area contributed by atoms with Crippen LogP contribution in [0, 0.1) is 44.0 Å². The summed E-state index contributed by atoms with van der Waals surface area (Å²) >= 11 is 0. The summed E-state index contributed by atoms with van der Waals surface area (Å²) in [7, 11) is 0. The molecule has 1 unspecified atom stereocenters. The van der Waals surface area contributed by atoms with Crippen LogP contribution in [0.2, 0.25) is 0 Å². The minimum atomic E-state index is -1.16. The number of nitrogens with one attached hydrogen (secondary N) is 4. The van der Waals surface area contributed by atoms with Crippen molar-refractivity contribution in [2.24, 2.45) is 0 Å². The predicted molar refractivity (Wildman–Crippen MR) is 257 cm³/mol. The summed E-state index contributed by atoms with van der Waals surface area (Å²) in [4.78, 5) is 90.6. The number of carbonyl (C=O) groups excluding carboxylic acids is 7. The van der Waals surface area contributed by atoms with E-state index in [1.807, 2.05) is 19.1 Å². The zero-order valence-electron chi connectivity index (χ0n) is 40.6. The molecule has 0 aromatic heterocycles. The van der Waals surface area contributed by atoms with E-state index >= 15 is 0 Å². The highest BCUT2D eigenvalue weighted by Gasteiger charge is 2.33. The van der Waals surface area contributed by atoms with E-state index in [1.54, 1.807) is 19.1 Å². The summed E-state index contributed by atoms with van der Waals surface area (Å²) in [5.74, 6) is 5.31. The lowest BCUT2D eigenvalue weighted by molar-refractivity contribution is -0.135. The maximum absolute atomic E-state index is 13.6. The fourth-order valence-electron chi connectivity index (χ4n) is 6.45. The van der Waals surface area contributed by atoms with Crippen LogP contribution >= 0.6 is 0 Å². The summed E-state index contributed by atoms with van der Waals surface area (Å²) in [6, 6.07) is 6.33. The molecule has 0 saturated carbocycles. The predicted octanol–water partition coefficient (Wildman–Crippen LogP) is 3.09. The van der Waals surface area contributed by atoms with Crippen molar-refractivity contribution in [1.29, 1.82) is 0 Å². The maximum atomic E-state index is 13.6. The zero-order valence-corrected chi connectivity index (χ0v) is 40.6. The molecule has 18 heteroatoms. The zero-order chi connectivity index (χ0) is 50.8. The molecule has 69 heavy (non-hydrogen) atoms. The Bertz CT molecular complexity index is 1750. The number of aryl methyl sites for hydroxylation is 1. The van der Waals surface area contributed by atoms with Gasteiger partial charge in [-0.1, -0.05) is 35.5 Å². The largest absolute Gasteiger partial charge is 0.426 e. The highest BCUT2D eigenvalue weighted by molar-refractivity contribution is 5.89. The van der Waals surface area contributed by atoms with Gasteiger partial charge in [-0.25, -0.2) is 0 Å². The second-order valence-corrected chi connectivity index (χ2v) is 16.0. The monoisotopic (exact) mass is 967 g/mol. The van der Waals surface area contributed by atoms with E-state index < -0.39 is 29.4 Å². The van der Waals surface area contributed by atoms with Gasteiger partial charge in [0.15, 0.2) is 5.78 Å². The minimum absolute atomic E-state index is 0.0412. The number of esters is 1. The van der Waals surface area contributed by atoms with Crippen molar-refractivity contribution < 1.29 is 66.7 Å². The lowest BCUT2D eigenvalue weighted by Crippen LogP contribution is -2.50. The Kier molecular flexibility index (Phi) is 35.8. The third kappa shape index (κ3) is 34.3. The van der Waals surface area contributed by atoms with Gasteiger partial charge in [-0.15, -0.1) is 19.3 Å². The summed E-state index contributed by atoms with van der Waals surface area (Å²) in [5, 5.41) is 11.3. The number of Topliss-reactive ketones (excluding diaryl/α,β-unsaturated/α-hetero) is 2. The van der Waals surface area contributed by atoms with Crippen molar-refractivity contribution in [1.82, 2.24) is 21.3 Å². The third-order valence-electron chi connectivity index (χ3n) is 10.2. The number of hydrogen-bond acceptors (Lipinski definition) is 14. The molecule has 4 N–H and O–H groups in total. The number of carbonyl (C=O) groups is 7. The first-order valence-corrected chi connectivity index (χ1v) is 23.6. The summed E-state index contributed by atoms with van der Waals surface area (Å²) in [5.41, 5.74) is -0.111. The van der Waals surface area contributed by atoms with Gasteiger partial charge in [0.25, 0.3) is 0 Å². The fourth-order valence-corrected chi connectivity index (χ4v) is 6.45. The Morgan fingerprint density at radius 2 is 1.03 bits per heavy atom. The van der Waals surface area contributed by atoms with Gasteiger partial charge >= 0.3 is 5.97 Å². The van der Waals surface area contributed by atoms with E-state index in [-0.39, 0.29) is 160 Å². The Labute approximate surface area is 408 Å². The number of ketones is 2. The molecule has 2 atom stereocenters. The van der Waals surface area contributed by atoms with Crippen LogP contribution in [0.25, 0.3) is 0 Å². The van der Waals surface area contributed by atoms with E-state index in [9.17, 15) is 33.6 Å². The van der Waals surface area contributed by atoms with E-state index in [1.165, 1.54) is 0 Å². The highest BCUT2D eigenvalue weighted by atomic mass is 16.5. The lowest BCUT2D eigenvalue weighted by atomic mass is 9.82. The molecule has 1 aromatic carbocycles. The molecule has 4 amide bonds. The van der Waals surface area contributed by atoms with Gasteiger partial charge in [0.2, 0.25) is 23.6 Å². The average molecular weight is 967 g/mol. The van der Waals surface area contributed by atoms with Crippen molar-refractivity contribution in [3.05, 3.63) is 29.8 Å². The molecule has 382 valence electrons. The van der Waals surface area contributed by atoms with Crippen molar-refractivity contribution in [3.63, 3.8) is 0 Å². The summed E-state index contributed by atoms with van der Waals surface area (Å²) in [6.07, 6.45) is 17.1. The smallest absolute Gasteiger partial charge is 0.313 e.